The fraction of sp³-hybridized carbons (Fsp3) is 0.300. The van der Waals surface area contributed by atoms with E-state index in [1.807, 2.05) is 24.3 Å². The predicted molar refractivity (Wildman–Crippen MR) is 64.6 cm³/mol. The van der Waals surface area contributed by atoms with Gasteiger partial charge in [0.25, 0.3) is 0 Å². The van der Waals surface area contributed by atoms with Crippen molar-refractivity contribution in [3.8, 4) is 0 Å². The molecule has 1 aromatic rings. The summed E-state index contributed by atoms with van der Waals surface area (Å²) in [6, 6.07) is 7.70. The van der Waals surface area contributed by atoms with E-state index in [0.29, 0.717) is 6.42 Å². The van der Waals surface area contributed by atoms with E-state index in [1.54, 1.807) is 11.8 Å². The Bertz CT molecular complexity index is 316. The highest BCUT2D eigenvalue weighted by Crippen LogP contribution is 2.15. The zero-order valence-electron chi connectivity index (χ0n) is 8.20. The number of benzene rings is 1. The molecule has 0 atom stereocenters. The minimum absolute atomic E-state index is 0.126. The largest absolute Gasteiger partial charge is 0.294 e. The van der Waals surface area contributed by atoms with Crippen LogP contribution in [0.1, 0.15) is 12.0 Å². The number of carbonyl (C=O) groups excluding carboxylic acids is 1. The lowest BCUT2D eigenvalue weighted by molar-refractivity contribution is -0.120. The zero-order chi connectivity index (χ0) is 11.1. The Labute approximate surface area is 98.3 Å². The maximum Gasteiger partial charge on any atom is 0.234 e. The molecule has 0 aliphatic carbocycles. The molecule has 0 saturated heterocycles. The molecule has 5 heteroatoms. The number of nitrogens with two attached hydrogens (primary N) is 1. The summed E-state index contributed by atoms with van der Waals surface area (Å²) in [5, 5.41) is 0.742. The zero-order valence-corrected chi connectivity index (χ0v) is 9.77. The molecule has 1 rings (SSSR count). The van der Waals surface area contributed by atoms with E-state index in [0.717, 1.165) is 16.5 Å². The molecule has 0 aromatic heterocycles. The molecule has 1 amide bonds. The van der Waals surface area contributed by atoms with Crippen molar-refractivity contribution in [1.82, 2.24) is 5.43 Å². The van der Waals surface area contributed by atoms with Crippen LogP contribution >= 0.6 is 23.4 Å². The molecular weight excluding hydrogens is 232 g/mol. The standard InChI is InChI=1S/C10H13ClN2OS/c11-9-3-1-8(2-4-9)7-15-6-5-10(14)13-12/h1-4H,5-7,12H2,(H,13,14). The molecule has 0 spiro atoms. The smallest absolute Gasteiger partial charge is 0.234 e. The highest BCUT2D eigenvalue weighted by molar-refractivity contribution is 7.98. The number of amides is 1. The Kier molecular flexibility index (Phi) is 5.53. The number of nitrogens with one attached hydrogen (secondary N) is 1. The normalized spacial score (nSPS) is 10.0. The van der Waals surface area contributed by atoms with Crippen molar-refractivity contribution in [2.24, 2.45) is 5.84 Å². The van der Waals surface area contributed by atoms with E-state index in [4.69, 9.17) is 17.4 Å². The number of hydrazine groups is 1. The number of thioether (sulfide) groups is 1. The first-order chi connectivity index (χ1) is 7.22. The molecule has 3 N–H and O–H groups in total. The number of hydrogen-bond donors (Lipinski definition) is 2. The molecule has 0 saturated carbocycles. The van der Waals surface area contributed by atoms with E-state index in [2.05, 4.69) is 5.43 Å². The van der Waals surface area contributed by atoms with Gasteiger partial charge in [0.1, 0.15) is 0 Å². The minimum atomic E-state index is -0.126. The molecule has 1 aromatic carbocycles. The van der Waals surface area contributed by atoms with Crippen LogP contribution in [0.25, 0.3) is 0 Å². The monoisotopic (exact) mass is 244 g/mol. The third-order valence-corrected chi connectivity index (χ3v) is 3.10. The van der Waals surface area contributed by atoms with Crippen LogP contribution in [0.15, 0.2) is 24.3 Å². The van der Waals surface area contributed by atoms with Gasteiger partial charge in [0.15, 0.2) is 0 Å². The molecular formula is C10H13ClN2OS. The van der Waals surface area contributed by atoms with E-state index in [9.17, 15) is 4.79 Å². The average molecular weight is 245 g/mol. The van der Waals surface area contributed by atoms with Gasteiger partial charge in [-0.1, -0.05) is 23.7 Å². The van der Waals surface area contributed by atoms with Crippen molar-refractivity contribution in [1.29, 1.82) is 0 Å². The molecule has 0 aliphatic rings. The summed E-state index contributed by atoms with van der Waals surface area (Å²) in [6.07, 6.45) is 0.453. The second-order valence-electron chi connectivity index (χ2n) is 3.00. The molecule has 0 fully saturated rings. The lowest BCUT2D eigenvalue weighted by Crippen LogP contribution is -2.30. The Hall–Kier alpha value is -0.710. The summed E-state index contributed by atoms with van der Waals surface area (Å²) >= 11 is 7.46. The molecule has 15 heavy (non-hydrogen) atoms. The van der Waals surface area contributed by atoms with Crippen LogP contribution in [-0.2, 0) is 10.5 Å². The van der Waals surface area contributed by atoms with Crippen LogP contribution in [0.4, 0.5) is 0 Å². The van der Waals surface area contributed by atoms with Crippen molar-refractivity contribution in [3.05, 3.63) is 34.9 Å². The van der Waals surface area contributed by atoms with Gasteiger partial charge in [-0.15, -0.1) is 0 Å². The maximum atomic E-state index is 10.8. The average Bonchev–Trinajstić information content (AvgIpc) is 2.26. The summed E-state index contributed by atoms with van der Waals surface area (Å²) in [4.78, 5) is 10.8. The van der Waals surface area contributed by atoms with Crippen LogP contribution in [0.5, 0.6) is 0 Å². The Morgan fingerprint density at radius 3 is 2.67 bits per heavy atom. The van der Waals surface area contributed by atoms with E-state index < -0.39 is 0 Å². The van der Waals surface area contributed by atoms with Gasteiger partial charge >= 0.3 is 0 Å². The van der Waals surface area contributed by atoms with Crippen molar-refractivity contribution in [3.63, 3.8) is 0 Å². The molecule has 82 valence electrons. The third-order valence-electron chi connectivity index (χ3n) is 1.82. The predicted octanol–water partition coefficient (Wildman–Crippen LogP) is 1.95. The molecule has 0 bridgehead atoms. The summed E-state index contributed by atoms with van der Waals surface area (Å²) in [5.41, 5.74) is 3.31. The number of rotatable bonds is 5. The Morgan fingerprint density at radius 2 is 2.07 bits per heavy atom. The molecule has 0 aliphatic heterocycles. The topological polar surface area (TPSA) is 55.1 Å². The van der Waals surface area contributed by atoms with Crippen LogP contribution in [0.2, 0.25) is 5.02 Å². The number of halogens is 1. The highest BCUT2D eigenvalue weighted by Gasteiger charge is 1.98. The quantitative estimate of drug-likeness (QED) is 0.360. The Balaban J connectivity index is 2.20. The van der Waals surface area contributed by atoms with Gasteiger partial charge in [0, 0.05) is 22.9 Å². The molecule has 0 radical (unpaired) electrons. The van der Waals surface area contributed by atoms with Crippen LogP contribution in [0.3, 0.4) is 0 Å². The van der Waals surface area contributed by atoms with Gasteiger partial charge in [0.2, 0.25) is 5.91 Å². The first-order valence-corrected chi connectivity index (χ1v) is 6.07. The summed E-state index contributed by atoms with van der Waals surface area (Å²) in [5.74, 6) is 6.49. The van der Waals surface area contributed by atoms with Crippen LogP contribution in [0, 0.1) is 0 Å². The first kappa shape index (κ1) is 12.4. The second kappa shape index (κ2) is 6.71. The summed E-state index contributed by atoms with van der Waals surface area (Å²) in [6.45, 7) is 0. The lowest BCUT2D eigenvalue weighted by atomic mass is 10.2. The Morgan fingerprint density at radius 1 is 1.40 bits per heavy atom. The molecule has 3 nitrogen and oxygen atoms in total. The lowest BCUT2D eigenvalue weighted by Gasteiger charge is -2.01. The maximum absolute atomic E-state index is 10.8. The van der Waals surface area contributed by atoms with Crippen molar-refractivity contribution in [2.45, 2.75) is 12.2 Å². The van der Waals surface area contributed by atoms with Crippen molar-refractivity contribution in [2.75, 3.05) is 5.75 Å². The van der Waals surface area contributed by atoms with Crippen LogP contribution in [-0.4, -0.2) is 11.7 Å². The van der Waals surface area contributed by atoms with Gasteiger partial charge in [0.05, 0.1) is 0 Å². The van der Waals surface area contributed by atoms with E-state index in [1.165, 1.54) is 5.56 Å². The van der Waals surface area contributed by atoms with Crippen molar-refractivity contribution >= 4 is 29.3 Å². The minimum Gasteiger partial charge on any atom is -0.294 e. The van der Waals surface area contributed by atoms with E-state index in [-0.39, 0.29) is 5.91 Å². The highest BCUT2D eigenvalue weighted by atomic mass is 35.5. The van der Waals surface area contributed by atoms with Crippen LogP contribution < -0.4 is 11.3 Å². The van der Waals surface area contributed by atoms with Gasteiger partial charge in [-0.2, -0.15) is 11.8 Å². The number of hydrogen-bond acceptors (Lipinski definition) is 3. The SMILES string of the molecule is NNC(=O)CCSCc1ccc(Cl)cc1. The van der Waals surface area contributed by atoms with Gasteiger partial charge in [-0.05, 0) is 17.7 Å². The second-order valence-corrected chi connectivity index (χ2v) is 4.54. The van der Waals surface area contributed by atoms with Crippen molar-refractivity contribution < 1.29 is 4.79 Å². The van der Waals surface area contributed by atoms with E-state index >= 15 is 0 Å². The van der Waals surface area contributed by atoms with Gasteiger partial charge < -0.3 is 0 Å². The third kappa shape index (κ3) is 5.06. The summed E-state index contributed by atoms with van der Waals surface area (Å²) in [7, 11) is 0. The molecule has 0 heterocycles. The molecule has 0 unspecified atom stereocenters. The fourth-order valence-electron chi connectivity index (χ4n) is 1.01. The summed E-state index contributed by atoms with van der Waals surface area (Å²) < 4.78 is 0. The fourth-order valence-corrected chi connectivity index (χ4v) is 2.04. The number of carbonyl (C=O) groups is 1. The van der Waals surface area contributed by atoms with Gasteiger partial charge in [-0.25, -0.2) is 5.84 Å². The van der Waals surface area contributed by atoms with Gasteiger partial charge in [-0.3, -0.25) is 10.2 Å². The first-order valence-electron chi connectivity index (χ1n) is 4.54.